The van der Waals surface area contributed by atoms with Gasteiger partial charge in [0.1, 0.15) is 11.5 Å². The lowest BCUT2D eigenvalue weighted by molar-refractivity contribution is 0.245. The van der Waals surface area contributed by atoms with Crippen LogP contribution in [0.25, 0.3) is 21.5 Å². The van der Waals surface area contributed by atoms with Crippen molar-refractivity contribution in [3.63, 3.8) is 0 Å². The van der Waals surface area contributed by atoms with Crippen molar-refractivity contribution in [2.24, 2.45) is 0 Å². The molecule has 0 aliphatic rings. The van der Waals surface area contributed by atoms with E-state index in [4.69, 9.17) is 0 Å². The highest BCUT2D eigenvalue weighted by Crippen LogP contribution is 2.29. The average Bonchev–Trinajstić information content (AvgIpc) is 2.76. The van der Waals surface area contributed by atoms with Crippen LogP contribution in [0.5, 0.6) is 11.5 Å². The molecular formula is C26H28N2O2. The Hall–Kier alpha value is -3.08. The Morgan fingerprint density at radius 2 is 0.967 bits per heavy atom. The summed E-state index contributed by atoms with van der Waals surface area (Å²) < 4.78 is 0. The molecule has 4 rings (SSSR count). The first-order valence-corrected chi connectivity index (χ1v) is 10.3. The molecular weight excluding hydrogens is 372 g/mol. The predicted molar refractivity (Wildman–Crippen MR) is 124 cm³/mol. The van der Waals surface area contributed by atoms with Crippen LogP contribution in [0.2, 0.25) is 0 Å². The van der Waals surface area contributed by atoms with E-state index in [-0.39, 0.29) is 0 Å². The number of likely N-dealkylation sites (N-methyl/N-ethyl adjacent to an activating group) is 2. The van der Waals surface area contributed by atoms with Gasteiger partial charge in [0, 0.05) is 37.3 Å². The van der Waals surface area contributed by atoms with Gasteiger partial charge in [-0.1, -0.05) is 60.7 Å². The average molecular weight is 401 g/mol. The molecule has 30 heavy (non-hydrogen) atoms. The third-order valence-electron chi connectivity index (χ3n) is 5.75. The van der Waals surface area contributed by atoms with Crippen molar-refractivity contribution in [1.29, 1.82) is 0 Å². The lowest BCUT2D eigenvalue weighted by Crippen LogP contribution is -2.30. The minimum Gasteiger partial charge on any atom is -0.508 e. The molecule has 0 unspecified atom stereocenters. The van der Waals surface area contributed by atoms with Crippen LogP contribution in [0.4, 0.5) is 0 Å². The molecule has 0 atom stereocenters. The van der Waals surface area contributed by atoms with Gasteiger partial charge in [0.25, 0.3) is 0 Å². The first-order chi connectivity index (χ1) is 14.5. The van der Waals surface area contributed by atoms with Crippen LogP contribution in [-0.2, 0) is 13.1 Å². The highest BCUT2D eigenvalue weighted by atomic mass is 16.3. The number of aromatic hydroxyl groups is 2. The highest BCUT2D eigenvalue weighted by molar-refractivity contribution is 5.88. The van der Waals surface area contributed by atoms with Crippen molar-refractivity contribution < 1.29 is 10.2 Å². The lowest BCUT2D eigenvalue weighted by Gasteiger charge is -2.24. The number of benzene rings is 4. The number of nitrogens with zero attached hydrogens (tertiary/aromatic N) is 2. The minimum absolute atomic E-state index is 0.342. The zero-order valence-electron chi connectivity index (χ0n) is 17.5. The molecule has 0 heterocycles. The van der Waals surface area contributed by atoms with Gasteiger partial charge in [-0.3, -0.25) is 0 Å². The van der Waals surface area contributed by atoms with Crippen LogP contribution in [0.3, 0.4) is 0 Å². The Bertz CT molecular complexity index is 1080. The fourth-order valence-electron chi connectivity index (χ4n) is 4.02. The van der Waals surface area contributed by atoms with E-state index in [1.807, 2.05) is 36.4 Å². The number of hydrogen-bond donors (Lipinski definition) is 2. The van der Waals surface area contributed by atoms with Gasteiger partial charge in [-0.15, -0.1) is 0 Å². The van der Waals surface area contributed by atoms with Crippen LogP contribution in [0.15, 0.2) is 72.8 Å². The van der Waals surface area contributed by atoms with E-state index in [1.54, 1.807) is 12.1 Å². The third kappa shape index (κ3) is 4.25. The van der Waals surface area contributed by atoms with Crippen molar-refractivity contribution in [3.8, 4) is 11.5 Å². The van der Waals surface area contributed by atoms with Crippen molar-refractivity contribution in [2.45, 2.75) is 13.1 Å². The molecule has 4 nitrogen and oxygen atoms in total. The summed E-state index contributed by atoms with van der Waals surface area (Å²) in [5.74, 6) is 0.684. The van der Waals surface area contributed by atoms with E-state index in [2.05, 4.69) is 48.2 Å². The van der Waals surface area contributed by atoms with Gasteiger partial charge >= 0.3 is 0 Å². The topological polar surface area (TPSA) is 46.9 Å². The molecule has 0 amide bonds. The zero-order valence-corrected chi connectivity index (χ0v) is 17.5. The summed E-state index contributed by atoms with van der Waals surface area (Å²) >= 11 is 0. The summed E-state index contributed by atoms with van der Waals surface area (Å²) in [5.41, 5.74) is 1.93. The Balaban J connectivity index is 1.42. The molecule has 0 aliphatic carbocycles. The molecule has 154 valence electrons. The minimum atomic E-state index is 0.342. The SMILES string of the molecule is CN(CCN(C)Cc1c(O)ccc2ccccc12)Cc1c(O)ccc2ccccc12. The highest BCUT2D eigenvalue weighted by Gasteiger charge is 2.12. The van der Waals surface area contributed by atoms with Gasteiger partial charge in [-0.2, -0.15) is 0 Å². The third-order valence-corrected chi connectivity index (χ3v) is 5.75. The second-order valence-electron chi connectivity index (χ2n) is 8.04. The number of phenols is 2. The predicted octanol–water partition coefficient (Wildman–Crippen LogP) is 4.97. The molecule has 2 N–H and O–H groups in total. The van der Waals surface area contributed by atoms with E-state index in [0.717, 1.165) is 45.8 Å². The Kier molecular flexibility index (Phi) is 5.88. The van der Waals surface area contributed by atoms with Crippen LogP contribution < -0.4 is 0 Å². The maximum atomic E-state index is 10.4. The molecule has 0 saturated heterocycles. The van der Waals surface area contributed by atoms with E-state index in [0.29, 0.717) is 24.6 Å². The van der Waals surface area contributed by atoms with Gasteiger partial charge < -0.3 is 20.0 Å². The Morgan fingerprint density at radius 1 is 0.567 bits per heavy atom. The molecule has 0 aliphatic heterocycles. The largest absolute Gasteiger partial charge is 0.508 e. The molecule has 0 fully saturated rings. The van der Waals surface area contributed by atoms with Crippen LogP contribution >= 0.6 is 0 Å². The van der Waals surface area contributed by atoms with Gasteiger partial charge in [-0.25, -0.2) is 0 Å². The quantitative estimate of drug-likeness (QED) is 0.460. The molecule has 4 heteroatoms. The number of rotatable bonds is 7. The summed E-state index contributed by atoms with van der Waals surface area (Å²) in [6.45, 7) is 3.07. The maximum Gasteiger partial charge on any atom is 0.120 e. The van der Waals surface area contributed by atoms with E-state index < -0.39 is 0 Å². The molecule has 0 spiro atoms. The van der Waals surface area contributed by atoms with Gasteiger partial charge in [-0.05, 0) is 47.8 Å². The van der Waals surface area contributed by atoms with Crippen LogP contribution in [-0.4, -0.2) is 47.2 Å². The van der Waals surface area contributed by atoms with Crippen molar-refractivity contribution >= 4 is 21.5 Å². The molecule has 0 bridgehead atoms. The molecule has 4 aromatic carbocycles. The van der Waals surface area contributed by atoms with E-state index in [9.17, 15) is 10.2 Å². The molecule has 0 aromatic heterocycles. The summed E-state index contributed by atoms with van der Waals surface area (Å²) in [5, 5.41) is 25.3. The Labute approximate surface area is 177 Å². The van der Waals surface area contributed by atoms with Gasteiger partial charge in [0.05, 0.1) is 0 Å². The van der Waals surface area contributed by atoms with Crippen molar-refractivity contribution in [2.75, 3.05) is 27.2 Å². The first-order valence-electron chi connectivity index (χ1n) is 10.3. The zero-order chi connectivity index (χ0) is 21.1. The number of phenolic OH excluding ortho intramolecular Hbond substituents is 2. The molecule has 0 radical (unpaired) electrons. The second kappa shape index (κ2) is 8.74. The fraction of sp³-hybridized carbons (Fsp3) is 0.231. The lowest BCUT2D eigenvalue weighted by atomic mass is 10.0. The van der Waals surface area contributed by atoms with Crippen molar-refractivity contribution in [1.82, 2.24) is 9.80 Å². The summed E-state index contributed by atoms with van der Waals surface area (Å²) in [6.07, 6.45) is 0. The monoisotopic (exact) mass is 400 g/mol. The van der Waals surface area contributed by atoms with Gasteiger partial charge in [0.2, 0.25) is 0 Å². The van der Waals surface area contributed by atoms with Crippen LogP contribution in [0, 0.1) is 0 Å². The maximum absolute atomic E-state index is 10.4. The number of fused-ring (bicyclic) bond motifs is 2. The smallest absolute Gasteiger partial charge is 0.120 e. The fourth-order valence-corrected chi connectivity index (χ4v) is 4.02. The number of hydrogen-bond acceptors (Lipinski definition) is 4. The molecule has 4 aromatic rings. The van der Waals surface area contributed by atoms with E-state index >= 15 is 0 Å². The second-order valence-corrected chi connectivity index (χ2v) is 8.04. The van der Waals surface area contributed by atoms with Gasteiger partial charge in [0.15, 0.2) is 0 Å². The van der Waals surface area contributed by atoms with E-state index in [1.165, 1.54) is 0 Å². The molecule has 0 saturated carbocycles. The Morgan fingerprint density at radius 3 is 1.40 bits per heavy atom. The normalized spacial score (nSPS) is 11.7. The summed E-state index contributed by atoms with van der Waals surface area (Å²) in [4.78, 5) is 4.45. The standard InChI is InChI=1S/C26H28N2O2/c1-27(17-23-21-9-5-3-7-19(21)11-13-25(23)29)15-16-28(2)18-24-22-10-6-4-8-20(22)12-14-26(24)30/h3-14,29-30H,15-18H2,1-2H3. The van der Waals surface area contributed by atoms with Crippen molar-refractivity contribution in [3.05, 3.63) is 83.9 Å². The first kappa shape index (κ1) is 20.2. The summed E-state index contributed by atoms with van der Waals surface area (Å²) in [7, 11) is 4.15. The summed E-state index contributed by atoms with van der Waals surface area (Å²) in [6, 6.07) is 23.8. The van der Waals surface area contributed by atoms with Crippen LogP contribution in [0.1, 0.15) is 11.1 Å².